The molecule has 3 N–H and O–H groups in total. The molecular formula is C8H11ClN2O. The van der Waals surface area contributed by atoms with E-state index < -0.39 is 12.1 Å². The highest BCUT2D eigenvalue weighted by atomic mass is 35.5. The number of hydrogen-bond donors (Lipinski definition) is 2. The molecule has 1 rings (SSSR count). The van der Waals surface area contributed by atoms with E-state index in [-0.39, 0.29) is 0 Å². The molecule has 0 aliphatic carbocycles. The van der Waals surface area contributed by atoms with Crippen LogP contribution < -0.4 is 5.73 Å². The second kappa shape index (κ2) is 3.85. The number of hydrogen-bond acceptors (Lipinski definition) is 3. The van der Waals surface area contributed by atoms with Crippen LogP contribution in [0.2, 0.25) is 5.15 Å². The van der Waals surface area contributed by atoms with E-state index in [9.17, 15) is 5.11 Å². The molecule has 2 atom stereocenters. The molecule has 3 nitrogen and oxygen atoms in total. The fourth-order valence-corrected chi connectivity index (χ4v) is 1.15. The highest BCUT2D eigenvalue weighted by molar-refractivity contribution is 6.30. The Bertz CT molecular complexity index is 265. The quantitative estimate of drug-likeness (QED) is 0.681. The van der Waals surface area contributed by atoms with Crippen molar-refractivity contribution >= 4 is 11.6 Å². The lowest BCUT2D eigenvalue weighted by Gasteiger charge is -2.15. The highest BCUT2D eigenvalue weighted by Gasteiger charge is 2.14. The van der Waals surface area contributed by atoms with Gasteiger partial charge in [0.25, 0.3) is 0 Å². The molecule has 0 amide bonds. The van der Waals surface area contributed by atoms with Gasteiger partial charge in [0.15, 0.2) is 0 Å². The summed E-state index contributed by atoms with van der Waals surface area (Å²) in [6.45, 7) is 1.62. The van der Waals surface area contributed by atoms with Gasteiger partial charge in [-0.25, -0.2) is 4.98 Å². The summed E-state index contributed by atoms with van der Waals surface area (Å²) >= 11 is 5.76. The fraction of sp³-hybridized carbons (Fsp3) is 0.375. The molecule has 1 aromatic heterocycles. The molecule has 0 unspecified atom stereocenters. The normalized spacial score (nSPS) is 15.7. The second-order valence-electron chi connectivity index (χ2n) is 2.65. The molecule has 0 aliphatic heterocycles. The number of aromatic nitrogens is 1. The summed E-state index contributed by atoms with van der Waals surface area (Å²) in [5, 5.41) is 9.54. The van der Waals surface area contributed by atoms with Crippen LogP contribution in [-0.4, -0.2) is 16.2 Å². The Labute approximate surface area is 76.2 Å². The Hall–Kier alpha value is -0.640. The average Bonchev–Trinajstić information content (AvgIpc) is 2.04. The van der Waals surface area contributed by atoms with Crippen LogP contribution in [0, 0.1) is 0 Å². The molecule has 1 heterocycles. The van der Waals surface area contributed by atoms with Crippen LogP contribution in [0.1, 0.15) is 18.5 Å². The third-order valence-corrected chi connectivity index (χ3v) is 1.98. The van der Waals surface area contributed by atoms with Gasteiger partial charge in [-0.2, -0.15) is 0 Å². The smallest absolute Gasteiger partial charge is 0.133 e. The minimum absolute atomic E-state index is 0.353. The maximum absolute atomic E-state index is 9.19. The Morgan fingerprint density at radius 3 is 2.83 bits per heavy atom. The number of nitrogens with two attached hydrogens (primary N) is 1. The van der Waals surface area contributed by atoms with Gasteiger partial charge in [0.2, 0.25) is 0 Å². The lowest BCUT2D eigenvalue weighted by atomic mass is 10.1. The Morgan fingerprint density at radius 1 is 1.67 bits per heavy atom. The van der Waals surface area contributed by atoms with Gasteiger partial charge in [-0.3, -0.25) is 0 Å². The first-order valence-corrected chi connectivity index (χ1v) is 4.04. The lowest BCUT2D eigenvalue weighted by Crippen LogP contribution is -2.23. The van der Waals surface area contributed by atoms with Crippen molar-refractivity contribution in [2.24, 2.45) is 5.73 Å². The van der Waals surface area contributed by atoms with Crippen molar-refractivity contribution in [3.63, 3.8) is 0 Å². The summed E-state index contributed by atoms with van der Waals surface area (Å²) < 4.78 is 0. The summed E-state index contributed by atoms with van der Waals surface area (Å²) in [5.74, 6) is 0. The highest BCUT2D eigenvalue weighted by Crippen LogP contribution is 2.20. The Kier molecular flexibility index (Phi) is 3.03. The molecule has 66 valence electrons. The second-order valence-corrected chi connectivity index (χ2v) is 3.01. The van der Waals surface area contributed by atoms with E-state index in [2.05, 4.69) is 4.98 Å². The molecular weight excluding hydrogens is 176 g/mol. The van der Waals surface area contributed by atoms with Crippen molar-refractivity contribution in [3.05, 3.63) is 29.0 Å². The zero-order valence-electron chi connectivity index (χ0n) is 6.74. The van der Waals surface area contributed by atoms with Crippen LogP contribution >= 0.6 is 11.6 Å². The van der Waals surface area contributed by atoms with E-state index in [4.69, 9.17) is 17.3 Å². The number of aliphatic hydroxyl groups excluding tert-OH is 1. The minimum Gasteiger partial charge on any atom is -0.391 e. The first-order chi connectivity index (χ1) is 5.63. The van der Waals surface area contributed by atoms with Crippen LogP contribution in [0.25, 0.3) is 0 Å². The van der Waals surface area contributed by atoms with Crippen LogP contribution in [0.3, 0.4) is 0 Å². The zero-order chi connectivity index (χ0) is 9.14. The molecule has 0 saturated carbocycles. The summed E-state index contributed by atoms with van der Waals surface area (Å²) in [7, 11) is 0. The number of rotatable bonds is 2. The third-order valence-electron chi connectivity index (χ3n) is 1.67. The van der Waals surface area contributed by atoms with Gasteiger partial charge in [-0.15, -0.1) is 0 Å². The molecule has 0 saturated heterocycles. The monoisotopic (exact) mass is 186 g/mol. The van der Waals surface area contributed by atoms with E-state index in [0.29, 0.717) is 10.7 Å². The van der Waals surface area contributed by atoms with Crippen LogP contribution in [0.5, 0.6) is 0 Å². The zero-order valence-corrected chi connectivity index (χ0v) is 7.49. The Balaban J connectivity index is 2.94. The summed E-state index contributed by atoms with van der Waals surface area (Å²) in [4.78, 5) is 3.86. The average molecular weight is 187 g/mol. The molecule has 12 heavy (non-hydrogen) atoms. The van der Waals surface area contributed by atoms with E-state index in [1.165, 1.54) is 0 Å². The topological polar surface area (TPSA) is 59.1 Å². The standard InChI is InChI=1S/C8H11ClN2O/c1-5(12)7(10)6-3-2-4-11-8(6)9/h2-5,7,12H,10H2,1H3/t5-,7-/m1/s1. The fourth-order valence-electron chi connectivity index (χ4n) is 0.907. The van der Waals surface area contributed by atoms with Crippen molar-refractivity contribution in [3.8, 4) is 0 Å². The first kappa shape index (κ1) is 9.45. The van der Waals surface area contributed by atoms with Gasteiger partial charge in [-0.05, 0) is 13.0 Å². The van der Waals surface area contributed by atoms with Gasteiger partial charge in [0, 0.05) is 11.8 Å². The van der Waals surface area contributed by atoms with E-state index >= 15 is 0 Å². The summed E-state index contributed by atoms with van der Waals surface area (Å²) in [6, 6.07) is 3.03. The van der Waals surface area contributed by atoms with Gasteiger partial charge < -0.3 is 10.8 Å². The van der Waals surface area contributed by atoms with Gasteiger partial charge in [-0.1, -0.05) is 17.7 Å². The van der Waals surface area contributed by atoms with Crippen LogP contribution in [0.15, 0.2) is 18.3 Å². The van der Waals surface area contributed by atoms with Crippen LogP contribution in [-0.2, 0) is 0 Å². The number of halogens is 1. The minimum atomic E-state index is -0.619. The van der Waals surface area contributed by atoms with Crippen molar-refractivity contribution in [2.75, 3.05) is 0 Å². The molecule has 1 aromatic rings. The van der Waals surface area contributed by atoms with Gasteiger partial charge >= 0.3 is 0 Å². The number of pyridine rings is 1. The van der Waals surface area contributed by atoms with E-state index in [0.717, 1.165) is 0 Å². The SMILES string of the molecule is C[C@@H](O)[C@@H](N)c1cccnc1Cl. The maximum atomic E-state index is 9.19. The Morgan fingerprint density at radius 2 is 2.33 bits per heavy atom. The molecule has 0 aliphatic rings. The molecule has 0 aromatic carbocycles. The summed E-state index contributed by atoms with van der Waals surface area (Å²) in [5.41, 5.74) is 6.34. The molecule has 0 spiro atoms. The molecule has 0 bridgehead atoms. The van der Waals surface area contributed by atoms with Crippen molar-refractivity contribution in [1.82, 2.24) is 4.98 Å². The van der Waals surface area contributed by atoms with Crippen molar-refractivity contribution in [1.29, 1.82) is 0 Å². The number of nitrogens with zero attached hydrogens (tertiary/aromatic N) is 1. The van der Waals surface area contributed by atoms with E-state index in [1.807, 2.05) is 0 Å². The lowest BCUT2D eigenvalue weighted by molar-refractivity contribution is 0.164. The maximum Gasteiger partial charge on any atom is 0.133 e. The largest absolute Gasteiger partial charge is 0.391 e. The molecule has 4 heteroatoms. The molecule has 0 fully saturated rings. The van der Waals surface area contributed by atoms with Gasteiger partial charge in [0.05, 0.1) is 12.1 Å². The predicted molar refractivity (Wildman–Crippen MR) is 47.9 cm³/mol. The first-order valence-electron chi connectivity index (χ1n) is 3.67. The van der Waals surface area contributed by atoms with Crippen molar-refractivity contribution < 1.29 is 5.11 Å². The summed E-state index contributed by atoms with van der Waals surface area (Å²) in [6.07, 6.45) is 0.965. The number of aliphatic hydroxyl groups is 1. The third kappa shape index (κ3) is 1.94. The molecule has 0 radical (unpaired) electrons. The van der Waals surface area contributed by atoms with Crippen LogP contribution in [0.4, 0.5) is 0 Å². The van der Waals surface area contributed by atoms with Crippen molar-refractivity contribution in [2.45, 2.75) is 19.1 Å². The van der Waals surface area contributed by atoms with E-state index in [1.54, 1.807) is 25.3 Å². The predicted octanol–water partition coefficient (Wildman–Crippen LogP) is 1.12. The van der Waals surface area contributed by atoms with Gasteiger partial charge in [0.1, 0.15) is 5.15 Å².